The van der Waals surface area contributed by atoms with Crippen LogP contribution in [0.25, 0.3) is 0 Å². The third-order valence-corrected chi connectivity index (χ3v) is 6.75. The lowest BCUT2D eigenvalue weighted by molar-refractivity contribution is -0.137. The van der Waals surface area contributed by atoms with E-state index in [0.717, 1.165) is 31.2 Å². The van der Waals surface area contributed by atoms with Gasteiger partial charge < -0.3 is 9.64 Å². The zero-order valence-corrected chi connectivity index (χ0v) is 17.3. The van der Waals surface area contributed by atoms with Gasteiger partial charge in [-0.3, -0.25) is 9.10 Å². The molecule has 1 aliphatic carbocycles. The minimum Gasteiger partial charge on any atom is -0.452 e. The number of fused-ring (bicyclic) bond motifs is 1. The van der Waals surface area contributed by atoms with Crippen LogP contribution in [-0.4, -0.2) is 57.2 Å². The van der Waals surface area contributed by atoms with Crippen molar-refractivity contribution < 1.29 is 22.7 Å². The Labute approximate surface area is 166 Å². The Kier molecular flexibility index (Phi) is 6.27. The molecule has 0 aromatic heterocycles. The molecule has 0 radical (unpaired) electrons. The summed E-state index contributed by atoms with van der Waals surface area (Å²) in [5, 5.41) is 0. The molecule has 7 nitrogen and oxygen atoms in total. The highest BCUT2D eigenvalue weighted by molar-refractivity contribution is 7.92. The van der Waals surface area contributed by atoms with E-state index in [9.17, 15) is 18.0 Å². The number of anilines is 1. The Hall–Kier alpha value is -2.09. The van der Waals surface area contributed by atoms with E-state index >= 15 is 0 Å². The molecule has 3 rings (SSSR count). The summed E-state index contributed by atoms with van der Waals surface area (Å²) in [5.41, 5.74) is 1.73. The molecule has 0 unspecified atom stereocenters. The molecule has 0 bridgehead atoms. The van der Waals surface area contributed by atoms with Gasteiger partial charge in [-0.15, -0.1) is 0 Å². The van der Waals surface area contributed by atoms with Crippen LogP contribution in [0.1, 0.15) is 54.9 Å². The second-order valence-corrected chi connectivity index (χ2v) is 9.38. The Bertz CT molecular complexity index is 846. The molecule has 2 aliphatic rings. The van der Waals surface area contributed by atoms with Gasteiger partial charge >= 0.3 is 5.97 Å². The van der Waals surface area contributed by atoms with Crippen molar-refractivity contribution in [2.24, 2.45) is 0 Å². The highest BCUT2D eigenvalue weighted by Crippen LogP contribution is 2.31. The van der Waals surface area contributed by atoms with Gasteiger partial charge in [-0.25, -0.2) is 13.2 Å². The number of benzene rings is 1. The van der Waals surface area contributed by atoms with Crippen LogP contribution in [0.5, 0.6) is 0 Å². The second kappa shape index (κ2) is 8.51. The van der Waals surface area contributed by atoms with E-state index in [4.69, 9.17) is 4.74 Å². The average Bonchev–Trinajstić information content (AvgIpc) is 3.11. The first kappa shape index (κ1) is 20.6. The number of likely N-dealkylation sites (N-methyl/N-ethyl adjacent to an activating group) is 1. The molecule has 1 saturated carbocycles. The van der Waals surface area contributed by atoms with Gasteiger partial charge in [0.25, 0.3) is 5.91 Å². The largest absolute Gasteiger partial charge is 0.452 e. The molecular weight excluding hydrogens is 380 g/mol. The van der Waals surface area contributed by atoms with E-state index in [2.05, 4.69) is 0 Å². The van der Waals surface area contributed by atoms with E-state index in [1.807, 2.05) is 11.8 Å². The van der Waals surface area contributed by atoms with Gasteiger partial charge in [0.2, 0.25) is 10.0 Å². The molecule has 1 aromatic rings. The highest BCUT2D eigenvalue weighted by Gasteiger charge is 2.28. The Morgan fingerprint density at radius 1 is 1.21 bits per heavy atom. The maximum absolute atomic E-state index is 12.5. The van der Waals surface area contributed by atoms with Crippen LogP contribution in [0.3, 0.4) is 0 Å². The van der Waals surface area contributed by atoms with Crippen LogP contribution < -0.4 is 4.31 Å². The van der Waals surface area contributed by atoms with Crippen LogP contribution in [0.2, 0.25) is 0 Å². The summed E-state index contributed by atoms with van der Waals surface area (Å²) in [6, 6.07) is 5.08. The summed E-state index contributed by atoms with van der Waals surface area (Å²) in [7, 11) is -3.33. The number of carbonyl (C=O) groups is 2. The molecule has 0 saturated heterocycles. The lowest BCUT2D eigenvalue weighted by atomic mass is 9.94. The lowest BCUT2D eigenvalue weighted by Crippen LogP contribution is -2.43. The predicted molar refractivity (Wildman–Crippen MR) is 107 cm³/mol. The summed E-state index contributed by atoms with van der Waals surface area (Å²) in [4.78, 5) is 26.7. The normalized spacial score (nSPS) is 17.3. The first-order chi connectivity index (χ1) is 13.3. The smallest absolute Gasteiger partial charge is 0.338 e. The summed E-state index contributed by atoms with van der Waals surface area (Å²) in [5.74, 6) is -0.721. The molecule has 0 spiro atoms. The van der Waals surface area contributed by atoms with Crippen molar-refractivity contribution in [3.63, 3.8) is 0 Å². The summed E-state index contributed by atoms with van der Waals surface area (Å²) in [6.07, 6.45) is 7.22. The number of hydrogen-bond acceptors (Lipinski definition) is 5. The number of esters is 1. The van der Waals surface area contributed by atoms with Gasteiger partial charge in [0, 0.05) is 19.1 Å². The minimum atomic E-state index is -3.33. The Morgan fingerprint density at radius 2 is 1.93 bits per heavy atom. The van der Waals surface area contributed by atoms with Gasteiger partial charge in [-0.2, -0.15) is 0 Å². The topological polar surface area (TPSA) is 84.0 Å². The van der Waals surface area contributed by atoms with Gasteiger partial charge in [0.05, 0.1) is 17.5 Å². The van der Waals surface area contributed by atoms with E-state index in [1.54, 1.807) is 18.2 Å². The molecule has 1 aromatic carbocycles. The standard InChI is InChI=1S/C20H28N2O5S/c1-3-21(17-7-5-4-6-8-17)19(23)14-27-20(24)16-9-10-18-15(13-16)11-12-22(18)28(2,25)26/h9-10,13,17H,3-8,11-12,14H2,1-2H3. The van der Waals surface area contributed by atoms with Crippen molar-refractivity contribution >= 4 is 27.6 Å². The van der Waals surface area contributed by atoms with Crippen LogP contribution in [0, 0.1) is 0 Å². The number of rotatable bonds is 6. The number of carbonyl (C=O) groups excluding carboxylic acids is 2. The van der Waals surface area contributed by atoms with Crippen molar-refractivity contribution in [1.29, 1.82) is 0 Å². The quantitative estimate of drug-likeness (QED) is 0.675. The van der Waals surface area contributed by atoms with Crippen LogP contribution >= 0.6 is 0 Å². The number of hydrogen-bond donors (Lipinski definition) is 0. The Balaban J connectivity index is 1.61. The van der Waals surface area contributed by atoms with E-state index in [1.165, 1.54) is 17.0 Å². The van der Waals surface area contributed by atoms with E-state index in [0.29, 0.717) is 30.8 Å². The zero-order valence-electron chi connectivity index (χ0n) is 16.5. The second-order valence-electron chi connectivity index (χ2n) is 7.48. The summed E-state index contributed by atoms with van der Waals surface area (Å²) >= 11 is 0. The average molecular weight is 409 g/mol. The van der Waals surface area contributed by atoms with Crippen LogP contribution in [-0.2, 0) is 26.0 Å². The maximum atomic E-state index is 12.5. The monoisotopic (exact) mass is 408 g/mol. The van der Waals surface area contributed by atoms with Gasteiger partial charge in [0.15, 0.2) is 6.61 Å². The van der Waals surface area contributed by atoms with E-state index < -0.39 is 16.0 Å². The summed E-state index contributed by atoms with van der Waals surface area (Å²) in [6.45, 7) is 2.66. The molecule has 154 valence electrons. The molecule has 1 heterocycles. The van der Waals surface area contributed by atoms with Crippen molar-refractivity contribution in [3.8, 4) is 0 Å². The molecule has 28 heavy (non-hydrogen) atoms. The molecule has 1 fully saturated rings. The SMILES string of the molecule is CCN(C(=O)COC(=O)c1ccc2c(c1)CCN2S(C)(=O)=O)C1CCCCC1. The van der Waals surface area contributed by atoms with Gasteiger partial charge in [-0.1, -0.05) is 19.3 Å². The predicted octanol–water partition coefficient (Wildman–Crippen LogP) is 2.35. The first-order valence-electron chi connectivity index (χ1n) is 9.88. The number of nitrogens with zero attached hydrogens (tertiary/aromatic N) is 2. The molecule has 8 heteroatoms. The molecule has 0 N–H and O–H groups in total. The van der Waals surface area contributed by atoms with Crippen LogP contribution in [0.15, 0.2) is 18.2 Å². The third kappa shape index (κ3) is 4.48. The zero-order chi connectivity index (χ0) is 20.3. The fourth-order valence-corrected chi connectivity index (χ4v) is 5.13. The van der Waals surface area contributed by atoms with Crippen LogP contribution in [0.4, 0.5) is 5.69 Å². The number of amides is 1. The third-order valence-electron chi connectivity index (χ3n) is 5.57. The van der Waals surface area contributed by atoms with Crippen molar-refractivity contribution in [2.75, 3.05) is 30.3 Å². The van der Waals surface area contributed by atoms with Crippen molar-refractivity contribution in [3.05, 3.63) is 29.3 Å². The fourth-order valence-electron chi connectivity index (χ4n) is 4.17. The Morgan fingerprint density at radius 3 is 2.57 bits per heavy atom. The summed E-state index contributed by atoms with van der Waals surface area (Å²) < 4.78 is 30.2. The molecular formula is C20H28N2O5S. The molecule has 1 aliphatic heterocycles. The van der Waals surface area contributed by atoms with Crippen molar-refractivity contribution in [1.82, 2.24) is 4.90 Å². The lowest BCUT2D eigenvalue weighted by Gasteiger charge is -2.33. The first-order valence-corrected chi connectivity index (χ1v) is 11.7. The van der Waals surface area contributed by atoms with Crippen molar-refractivity contribution in [2.45, 2.75) is 51.5 Å². The molecule has 1 amide bonds. The minimum absolute atomic E-state index is 0.160. The molecule has 0 atom stereocenters. The van der Waals surface area contributed by atoms with Gasteiger partial charge in [-0.05, 0) is 49.9 Å². The number of sulfonamides is 1. The van der Waals surface area contributed by atoms with E-state index in [-0.39, 0.29) is 18.6 Å². The maximum Gasteiger partial charge on any atom is 0.338 e. The number of ether oxygens (including phenoxy) is 1. The fraction of sp³-hybridized carbons (Fsp3) is 0.600. The van der Waals surface area contributed by atoms with Gasteiger partial charge in [0.1, 0.15) is 0 Å². The highest BCUT2D eigenvalue weighted by atomic mass is 32.2.